The molecule has 0 aromatic rings. The molecule has 0 heterocycles. The van der Waals surface area contributed by atoms with Crippen molar-refractivity contribution in [2.24, 2.45) is 11.8 Å². The zero-order chi connectivity index (χ0) is 11.4. The van der Waals surface area contributed by atoms with Crippen LogP contribution in [0.25, 0.3) is 0 Å². The van der Waals surface area contributed by atoms with Crippen molar-refractivity contribution in [3.05, 3.63) is 23.9 Å². The predicted octanol–water partition coefficient (Wildman–Crippen LogP) is 1.85. The second kappa shape index (κ2) is 5.16. The third kappa shape index (κ3) is 2.85. The van der Waals surface area contributed by atoms with Gasteiger partial charge in [-0.2, -0.15) is 0 Å². The van der Waals surface area contributed by atoms with Crippen LogP contribution in [0.4, 0.5) is 0 Å². The quantitative estimate of drug-likeness (QED) is 0.424. The fourth-order valence-electron chi connectivity index (χ4n) is 2.30. The Balaban J connectivity index is 1.70. The number of hydrogen-bond donors (Lipinski definition) is 2. The molecule has 0 saturated heterocycles. The van der Waals surface area contributed by atoms with Gasteiger partial charge >= 0.3 is 5.97 Å². The number of carbonyl (C=O) groups is 1. The van der Waals surface area contributed by atoms with Gasteiger partial charge in [0.1, 0.15) is 0 Å². The van der Waals surface area contributed by atoms with Crippen molar-refractivity contribution in [2.75, 3.05) is 6.61 Å². The van der Waals surface area contributed by atoms with Crippen LogP contribution < -0.4 is 5.48 Å². The number of rotatable bonds is 5. The molecule has 2 aliphatic carbocycles. The number of allylic oxidation sites excluding steroid dienone is 4. The molecule has 16 heavy (non-hydrogen) atoms. The van der Waals surface area contributed by atoms with Gasteiger partial charge in [0.2, 0.25) is 0 Å². The van der Waals surface area contributed by atoms with Gasteiger partial charge in [0.25, 0.3) is 0 Å². The van der Waals surface area contributed by atoms with Gasteiger partial charge in [0, 0.05) is 5.70 Å². The summed E-state index contributed by atoms with van der Waals surface area (Å²) in [5, 5.41) is 8.44. The van der Waals surface area contributed by atoms with E-state index in [9.17, 15) is 4.79 Å². The smallest absolute Gasteiger partial charge is 0.305 e. The average Bonchev–Trinajstić information content (AvgIpc) is 2.66. The first-order valence-corrected chi connectivity index (χ1v) is 5.71. The van der Waals surface area contributed by atoms with Crippen LogP contribution in [0, 0.1) is 11.8 Å². The molecule has 2 atom stereocenters. The van der Waals surface area contributed by atoms with Gasteiger partial charge in [-0.1, -0.05) is 18.2 Å². The molecule has 0 spiro atoms. The van der Waals surface area contributed by atoms with E-state index in [0.29, 0.717) is 11.8 Å². The van der Waals surface area contributed by atoms with Crippen LogP contribution in [0.15, 0.2) is 23.9 Å². The van der Waals surface area contributed by atoms with Gasteiger partial charge < -0.3 is 5.11 Å². The molecular formula is C12H17NO3. The lowest BCUT2D eigenvalue weighted by Gasteiger charge is -2.19. The number of hydroxylamine groups is 1. The lowest BCUT2D eigenvalue weighted by molar-refractivity contribution is -0.138. The summed E-state index contributed by atoms with van der Waals surface area (Å²) >= 11 is 0. The zero-order valence-corrected chi connectivity index (χ0v) is 9.19. The van der Waals surface area contributed by atoms with Crippen molar-refractivity contribution in [3.8, 4) is 0 Å². The van der Waals surface area contributed by atoms with E-state index in [1.807, 2.05) is 0 Å². The van der Waals surface area contributed by atoms with E-state index in [1.165, 1.54) is 0 Å². The van der Waals surface area contributed by atoms with Crippen molar-refractivity contribution >= 4 is 5.97 Å². The zero-order valence-electron chi connectivity index (χ0n) is 9.19. The molecule has 0 bridgehead atoms. The fourth-order valence-corrected chi connectivity index (χ4v) is 2.30. The van der Waals surface area contributed by atoms with E-state index in [4.69, 9.17) is 9.94 Å². The maximum Gasteiger partial charge on any atom is 0.305 e. The van der Waals surface area contributed by atoms with Gasteiger partial charge in [-0.3, -0.25) is 15.1 Å². The summed E-state index contributed by atoms with van der Waals surface area (Å²) in [5.74, 6) is 0.506. The van der Waals surface area contributed by atoms with E-state index in [0.717, 1.165) is 25.0 Å². The van der Waals surface area contributed by atoms with Crippen LogP contribution in [0.3, 0.4) is 0 Å². The topological polar surface area (TPSA) is 58.6 Å². The first-order valence-electron chi connectivity index (χ1n) is 5.71. The molecule has 0 saturated carbocycles. The fraction of sp³-hybridized carbons (Fsp3) is 0.583. The summed E-state index contributed by atoms with van der Waals surface area (Å²) in [6, 6.07) is 0. The molecular weight excluding hydrogens is 206 g/mol. The normalized spacial score (nSPS) is 27.4. The van der Waals surface area contributed by atoms with Gasteiger partial charge in [-0.05, 0) is 31.1 Å². The Morgan fingerprint density at radius 2 is 2.31 bits per heavy atom. The lowest BCUT2D eigenvalue weighted by Crippen LogP contribution is -2.16. The van der Waals surface area contributed by atoms with Crippen molar-refractivity contribution in [3.63, 3.8) is 0 Å². The van der Waals surface area contributed by atoms with Crippen LogP contribution in [0.2, 0.25) is 0 Å². The number of carboxylic acids is 1. The third-order valence-electron chi connectivity index (χ3n) is 3.14. The summed E-state index contributed by atoms with van der Waals surface area (Å²) in [6.07, 6.45) is 9.99. The highest BCUT2D eigenvalue weighted by Gasteiger charge is 2.27. The molecule has 0 aliphatic heterocycles. The summed E-state index contributed by atoms with van der Waals surface area (Å²) in [7, 11) is 0. The van der Waals surface area contributed by atoms with Crippen LogP contribution in [-0.2, 0) is 9.63 Å². The minimum Gasteiger partial charge on any atom is -0.481 e. The Labute approximate surface area is 94.9 Å². The number of hydrogen-bond acceptors (Lipinski definition) is 3. The van der Waals surface area contributed by atoms with E-state index >= 15 is 0 Å². The predicted molar refractivity (Wildman–Crippen MR) is 59.4 cm³/mol. The maximum absolute atomic E-state index is 10.3. The number of fused-ring (bicyclic) bond motifs is 1. The average molecular weight is 223 g/mol. The maximum atomic E-state index is 10.3. The third-order valence-corrected chi connectivity index (χ3v) is 3.14. The first-order chi connectivity index (χ1) is 7.75. The molecule has 0 unspecified atom stereocenters. The van der Waals surface area contributed by atoms with Gasteiger partial charge in [-0.25, -0.2) is 0 Å². The van der Waals surface area contributed by atoms with Crippen molar-refractivity contribution in [1.29, 1.82) is 0 Å². The molecule has 4 nitrogen and oxygen atoms in total. The highest BCUT2D eigenvalue weighted by atomic mass is 16.6. The largest absolute Gasteiger partial charge is 0.481 e. The van der Waals surface area contributed by atoms with Gasteiger partial charge in [0.15, 0.2) is 0 Å². The van der Waals surface area contributed by atoms with Gasteiger partial charge in [-0.15, -0.1) is 0 Å². The SMILES string of the molecule is O=C(O)CCONC1=C[C@@H]2CC=CC[C@@H]2C1. The summed E-state index contributed by atoms with van der Waals surface area (Å²) in [5.41, 5.74) is 3.96. The monoisotopic (exact) mass is 223 g/mol. The Morgan fingerprint density at radius 1 is 1.50 bits per heavy atom. The molecule has 0 aromatic heterocycles. The number of aliphatic carboxylic acids is 1. The minimum absolute atomic E-state index is 0.0364. The Kier molecular flexibility index (Phi) is 3.62. The minimum atomic E-state index is -0.833. The molecule has 0 aromatic carbocycles. The first kappa shape index (κ1) is 11.2. The van der Waals surface area contributed by atoms with Crippen LogP contribution in [0.1, 0.15) is 25.7 Å². The van der Waals surface area contributed by atoms with Crippen LogP contribution >= 0.6 is 0 Å². The van der Waals surface area contributed by atoms with E-state index in [1.54, 1.807) is 0 Å². The molecule has 2 rings (SSSR count). The van der Waals surface area contributed by atoms with Crippen molar-refractivity contribution in [1.82, 2.24) is 5.48 Å². The standard InChI is InChI=1S/C12H17NO3/c14-12(15)5-6-16-13-11-7-9-3-1-2-4-10(9)8-11/h1-2,7,9-10,13H,3-6,8H2,(H,14,15)/t9-,10+/m0/s1. The number of carboxylic acid groups (broad SMARTS) is 1. The molecule has 88 valence electrons. The van der Waals surface area contributed by atoms with Crippen molar-refractivity contribution < 1.29 is 14.7 Å². The summed E-state index contributed by atoms with van der Waals surface area (Å²) in [4.78, 5) is 15.4. The molecule has 0 radical (unpaired) electrons. The molecule has 2 aliphatic rings. The lowest BCUT2D eigenvalue weighted by atomic mass is 9.86. The highest BCUT2D eigenvalue weighted by Crippen LogP contribution is 2.37. The van der Waals surface area contributed by atoms with E-state index < -0.39 is 5.97 Å². The molecule has 4 heteroatoms. The Bertz CT molecular complexity index is 322. The highest BCUT2D eigenvalue weighted by molar-refractivity contribution is 5.66. The molecule has 2 N–H and O–H groups in total. The van der Waals surface area contributed by atoms with E-state index in [-0.39, 0.29) is 13.0 Å². The summed E-state index contributed by atoms with van der Waals surface area (Å²) in [6.45, 7) is 0.209. The van der Waals surface area contributed by atoms with Crippen LogP contribution in [0.5, 0.6) is 0 Å². The van der Waals surface area contributed by atoms with Crippen molar-refractivity contribution in [2.45, 2.75) is 25.7 Å². The Morgan fingerprint density at radius 3 is 3.06 bits per heavy atom. The van der Waals surface area contributed by atoms with Gasteiger partial charge in [0.05, 0.1) is 13.0 Å². The second-order valence-electron chi connectivity index (χ2n) is 4.36. The van der Waals surface area contributed by atoms with Crippen LogP contribution in [-0.4, -0.2) is 17.7 Å². The Hall–Kier alpha value is -1.29. The molecule has 0 amide bonds. The number of nitrogens with one attached hydrogen (secondary N) is 1. The molecule has 0 fully saturated rings. The summed E-state index contributed by atoms with van der Waals surface area (Å²) < 4.78 is 0. The second-order valence-corrected chi connectivity index (χ2v) is 4.36. The van der Waals surface area contributed by atoms with E-state index in [2.05, 4.69) is 23.7 Å².